The monoisotopic (exact) mass is 229 g/mol. The molecule has 0 aliphatic carbocycles. The molecule has 0 amide bonds. The number of esters is 1. The van der Waals surface area contributed by atoms with Gasteiger partial charge >= 0.3 is 5.97 Å². The van der Waals surface area contributed by atoms with Crippen LogP contribution in [0.25, 0.3) is 17.0 Å². The Labute approximate surface area is 100 Å². The summed E-state index contributed by atoms with van der Waals surface area (Å²) in [6, 6.07) is 7.99. The van der Waals surface area contributed by atoms with Crippen molar-refractivity contribution < 1.29 is 9.53 Å². The van der Waals surface area contributed by atoms with Gasteiger partial charge in [-0.25, -0.2) is 4.79 Å². The molecule has 1 aromatic carbocycles. The first-order chi connectivity index (χ1) is 8.22. The number of aromatic amines is 1. The lowest BCUT2D eigenvalue weighted by molar-refractivity contribution is -0.138. The van der Waals surface area contributed by atoms with Crippen molar-refractivity contribution in [3.63, 3.8) is 0 Å². The normalized spacial score (nSPS) is 11.8. The molecule has 88 valence electrons. The number of carbonyl (C=O) groups excluding carboxylic acids is 1. The predicted molar refractivity (Wildman–Crippen MR) is 68.6 cm³/mol. The number of H-pyrrole nitrogens is 1. The SMILES string of the molecule is CCOC(=O)C(C)=Cc1c[nH]c2ccccc12. The van der Waals surface area contributed by atoms with E-state index in [9.17, 15) is 4.79 Å². The Morgan fingerprint density at radius 3 is 2.94 bits per heavy atom. The Balaban J connectivity index is 2.35. The Morgan fingerprint density at radius 1 is 1.41 bits per heavy atom. The second-order valence-corrected chi connectivity index (χ2v) is 3.84. The standard InChI is InChI=1S/C14H15NO2/c1-3-17-14(16)10(2)8-11-9-15-13-7-5-4-6-12(11)13/h4-9,15H,3H2,1-2H3. The molecule has 17 heavy (non-hydrogen) atoms. The zero-order valence-electron chi connectivity index (χ0n) is 9.99. The van der Waals surface area contributed by atoms with Gasteiger partial charge in [0.15, 0.2) is 0 Å². The molecule has 1 heterocycles. The molecule has 0 aliphatic heterocycles. The van der Waals surface area contributed by atoms with E-state index in [-0.39, 0.29) is 5.97 Å². The maximum Gasteiger partial charge on any atom is 0.333 e. The van der Waals surface area contributed by atoms with Crippen molar-refractivity contribution in [3.8, 4) is 0 Å². The van der Waals surface area contributed by atoms with Crippen LogP contribution in [0.5, 0.6) is 0 Å². The van der Waals surface area contributed by atoms with E-state index in [0.717, 1.165) is 16.5 Å². The molecule has 0 radical (unpaired) electrons. The maximum atomic E-state index is 11.5. The predicted octanol–water partition coefficient (Wildman–Crippen LogP) is 3.13. The van der Waals surface area contributed by atoms with Crippen LogP contribution < -0.4 is 0 Å². The van der Waals surface area contributed by atoms with Crippen LogP contribution in [0.3, 0.4) is 0 Å². The molecule has 0 spiro atoms. The third kappa shape index (κ3) is 2.38. The highest BCUT2D eigenvalue weighted by Gasteiger charge is 2.06. The second kappa shape index (κ2) is 4.87. The highest BCUT2D eigenvalue weighted by Crippen LogP contribution is 2.20. The molecule has 0 bridgehead atoms. The Morgan fingerprint density at radius 2 is 2.18 bits per heavy atom. The summed E-state index contributed by atoms with van der Waals surface area (Å²) in [7, 11) is 0. The summed E-state index contributed by atoms with van der Waals surface area (Å²) in [4.78, 5) is 14.7. The van der Waals surface area contributed by atoms with Gasteiger partial charge in [0.2, 0.25) is 0 Å². The van der Waals surface area contributed by atoms with Crippen molar-refractivity contribution in [3.05, 3.63) is 41.6 Å². The number of ether oxygens (including phenoxy) is 1. The molecule has 0 atom stereocenters. The lowest BCUT2D eigenvalue weighted by Gasteiger charge is -2.00. The summed E-state index contributed by atoms with van der Waals surface area (Å²) >= 11 is 0. The minimum atomic E-state index is -0.266. The second-order valence-electron chi connectivity index (χ2n) is 3.84. The summed E-state index contributed by atoms with van der Waals surface area (Å²) in [5.74, 6) is -0.266. The third-order valence-corrected chi connectivity index (χ3v) is 2.59. The molecule has 2 rings (SSSR count). The zero-order chi connectivity index (χ0) is 12.3. The van der Waals surface area contributed by atoms with E-state index < -0.39 is 0 Å². The van der Waals surface area contributed by atoms with Gasteiger partial charge in [0.1, 0.15) is 0 Å². The number of aromatic nitrogens is 1. The van der Waals surface area contributed by atoms with E-state index in [1.54, 1.807) is 13.8 Å². The summed E-state index contributed by atoms with van der Waals surface area (Å²) in [5.41, 5.74) is 2.68. The van der Waals surface area contributed by atoms with Crippen LogP contribution in [0.1, 0.15) is 19.4 Å². The van der Waals surface area contributed by atoms with Crippen molar-refractivity contribution in [2.45, 2.75) is 13.8 Å². The number of benzene rings is 1. The van der Waals surface area contributed by atoms with Crippen LogP contribution in [0, 0.1) is 0 Å². The van der Waals surface area contributed by atoms with Crippen molar-refractivity contribution in [2.75, 3.05) is 6.61 Å². The molecule has 1 N–H and O–H groups in total. The summed E-state index contributed by atoms with van der Waals surface area (Å²) in [6.07, 6.45) is 3.74. The van der Waals surface area contributed by atoms with E-state index >= 15 is 0 Å². The summed E-state index contributed by atoms with van der Waals surface area (Å²) in [5, 5.41) is 1.11. The fourth-order valence-electron chi connectivity index (χ4n) is 1.75. The molecule has 0 aliphatic rings. The average Bonchev–Trinajstić information content (AvgIpc) is 2.73. The first kappa shape index (κ1) is 11.5. The average molecular weight is 229 g/mol. The fourth-order valence-corrected chi connectivity index (χ4v) is 1.75. The lowest BCUT2D eigenvalue weighted by Crippen LogP contribution is -2.04. The van der Waals surface area contributed by atoms with Crippen LogP contribution in [0.15, 0.2) is 36.0 Å². The fraction of sp³-hybridized carbons (Fsp3) is 0.214. The quantitative estimate of drug-likeness (QED) is 0.649. The van der Waals surface area contributed by atoms with Crippen molar-refractivity contribution >= 4 is 22.9 Å². The van der Waals surface area contributed by atoms with Gasteiger partial charge in [-0.05, 0) is 26.0 Å². The van der Waals surface area contributed by atoms with E-state index in [1.807, 2.05) is 36.5 Å². The number of hydrogen-bond donors (Lipinski definition) is 1. The van der Waals surface area contributed by atoms with Gasteiger partial charge in [-0.3, -0.25) is 0 Å². The lowest BCUT2D eigenvalue weighted by atomic mass is 10.1. The van der Waals surface area contributed by atoms with Crippen LogP contribution in [0.2, 0.25) is 0 Å². The van der Waals surface area contributed by atoms with Gasteiger partial charge < -0.3 is 9.72 Å². The van der Waals surface area contributed by atoms with Crippen LogP contribution in [-0.2, 0) is 9.53 Å². The van der Waals surface area contributed by atoms with Gasteiger partial charge in [-0.15, -0.1) is 0 Å². The van der Waals surface area contributed by atoms with Crippen molar-refractivity contribution in [2.24, 2.45) is 0 Å². The summed E-state index contributed by atoms with van der Waals surface area (Å²) in [6.45, 7) is 3.97. The number of nitrogens with one attached hydrogen (secondary N) is 1. The highest BCUT2D eigenvalue weighted by atomic mass is 16.5. The number of rotatable bonds is 3. The van der Waals surface area contributed by atoms with E-state index in [0.29, 0.717) is 12.2 Å². The van der Waals surface area contributed by atoms with Gasteiger partial charge in [0.05, 0.1) is 6.61 Å². The molecule has 0 saturated heterocycles. The molecule has 3 heteroatoms. The zero-order valence-corrected chi connectivity index (χ0v) is 9.99. The van der Waals surface area contributed by atoms with Crippen molar-refractivity contribution in [1.82, 2.24) is 4.98 Å². The molecule has 2 aromatic rings. The first-order valence-corrected chi connectivity index (χ1v) is 5.64. The Hall–Kier alpha value is -2.03. The molecular weight excluding hydrogens is 214 g/mol. The third-order valence-electron chi connectivity index (χ3n) is 2.59. The van der Waals surface area contributed by atoms with E-state index in [4.69, 9.17) is 4.74 Å². The molecule has 0 unspecified atom stereocenters. The molecule has 0 saturated carbocycles. The smallest absolute Gasteiger partial charge is 0.333 e. The Kier molecular flexibility index (Phi) is 3.28. The maximum absolute atomic E-state index is 11.5. The molecule has 3 nitrogen and oxygen atoms in total. The number of hydrogen-bond acceptors (Lipinski definition) is 2. The van der Waals surface area contributed by atoms with Gasteiger partial charge in [-0.1, -0.05) is 18.2 Å². The number of para-hydroxylation sites is 1. The van der Waals surface area contributed by atoms with Gasteiger partial charge in [-0.2, -0.15) is 0 Å². The van der Waals surface area contributed by atoms with Crippen LogP contribution in [-0.4, -0.2) is 17.6 Å². The largest absolute Gasteiger partial charge is 0.463 e. The van der Waals surface area contributed by atoms with E-state index in [1.165, 1.54) is 0 Å². The Bertz CT molecular complexity index is 566. The molecule has 1 aromatic heterocycles. The minimum Gasteiger partial charge on any atom is -0.463 e. The van der Waals surface area contributed by atoms with Crippen molar-refractivity contribution in [1.29, 1.82) is 0 Å². The highest BCUT2D eigenvalue weighted by molar-refractivity contribution is 5.97. The summed E-state index contributed by atoms with van der Waals surface area (Å²) < 4.78 is 4.95. The number of carbonyl (C=O) groups is 1. The number of fused-ring (bicyclic) bond motifs is 1. The van der Waals surface area contributed by atoms with Crippen LogP contribution in [0.4, 0.5) is 0 Å². The molecular formula is C14H15NO2. The van der Waals surface area contributed by atoms with Crippen LogP contribution >= 0.6 is 0 Å². The first-order valence-electron chi connectivity index (χ1n) is 5.64. The minimum absolute atomic E-state index is 0.266. The van der Waals surface area contributed by atoms with Gasteiger partial charge in [0, 0.05) is 28.2 Å². The van der Waals surface area contributed by atoms with E-state index in [2.05, 4.69) is 4.98 Å². The van der Waals surface area contributed by atoms with Gasteiger partial charge in [0.25, 0.3) is 0 Å². The topological polar surface area (TPSA) is 42.1 Å². The molecule has 0 fully saturated rings.